The molecule has 2 aromatic carbocycles. The number of hydrazine groups is 1. The molecule has 0 aromatic heterocycles. The van der Waals surface area contributed by atoms with Crippen LogP contribution in [0.15, 0.2) is 42.0 Å². The van der Waals surface area contributed by atoms with Gasteiger partial charge in [0, 0.05) is 0 Å². The van der Waals surface area contributed by atoms with E-state index < -0.39 is 11.8 Å². The monoisotopic (exact) mass is 352 g/mol. The average molecular weight is 352 g/mol. The van der Waals surface area contributed by atoms with Crippen LogP contribution in [0, 0.1) is 13.8 Å². The molecule has 26 heavy (non-hydrogen) atoms. The zero-order valence-corrected chi connectivity index (χ0v) is 14.9. The minimum Gasteiger partial charge on any atom is -0.504 e. The van der Waals surface area contributed by atoms with Crippen molar-refractivity contribution >= 4 is 23.6 Å². The van der Waals surface area contributed by atoms with Crippen LogP contribution in [0.3, 0.4) is 0 Å². The van der Waals surface area contributed by atoms with E-state index in [9.17, 15) is 14.7 Å². The second-order valence-electron chi connectivity index (χ2n) is 6.07. The van der Waals surface area contributed by atoms with Gasteiger partial charge in [-0.1, -0.05) is 12.1 Å². The first kappa shape index (κ1) is 17.5. The van der Waals surface area contributed by atoms with E-state index in [0.717, 1.165) is 11.1 Å². The van der Waals surface area contributed by atoms with E-state index in [1.54, 1.807) is 25.1 Å². The molecule has 1 saturated heterocycles. The fraction of sp³-hybridized carbons (Fsp3) is 0.200. The third-order valence-corrected chi connectivity index (χ3v) is 4.23. The molecular formula is C20H20N2O4. The van der Waals surface area contributed by atoms with Crippen molar-refractivity contribution in [2.75, 3.05) is 11.6 Å². The quantitative estimate of drug-likeness (QED) is 0.655. The molecule has 0 aliphatic carbocycles. The van der Waals surface area contributed by atoms with Crippen molar-refractivity contribution in [3.63, 3.8) is 0 Å². The Balaban J connectivity index is 1.92. The number of phenolic OH excluding ortho intramolecular Hbond substituents is 1. The van der Waals surface area contributed by atoms with Crippen molar-refractivity contribution in [2.45, 2.75) is 20.8 Å². The number of benzene rings is 2. The molecule has 2 amide bonds. The summed E-state index contributed by atoms with van der Waals surface area (Å²) in [5.41, 5.74) is 5.94. The lowest BCUT2D eigenvalue weighted by molar-refractivity contribution is -0.117. The number of carbonyl (C=O) groups excluding carboxylic acids is 2. The van der Waals surface area contributed by atoms with Crippen LogP contribution in [0.4, 0.5) is 5.69 Å². The van der Waals surface area contributed by atoms with E-state index in [1.807, 2.05) is 26.0 Å². The van der Waals surface area contributed by atoms with Crippen LogP contribution in [-0.4, -0.2) is 23.5 Å². The number of aromatic hydroxyl groups is 1. The smallest absolute Gasteiger partial charge is 0.282 e. The molecule has 0 atom stereocenters. The normalized spacial score (nSPS) is 15.5. The van der Waals surface area contributed by atoms with Gasteiger partial charge in [-0.05, 0) is 67.8 Å². The number of anilines is 1. The van der Waals surface area contributed by atoms with Crippen LogP contribution in [-0.2, 0) is 9.59 Å². The van der Waals surface area contributed by atoms with Gasteiger partial charge in [-0.3, -0.25) is 15.0 Å². The summed E-state index contributed by atoms with van der Waals surface area (Å²) in [5.74, 6) is -0.588. The molecule has 0 bridgehead atoms. The van der Waals surface area contributed by atoms with Gasteiger partial charge in [0.05, 0.1) is 12.3 Å². The molecule has 1 heterocycles. The van der Waals surface area contributed by atoms with Crippen molar-refractivity contribution in [3.8, 4) is 11.5 Å². The van der Waals surface area contributed by atoms with Gasteiger partial charge in [0.25, 0.3) is 11.8 Å². The Labute approximate surface area is 151 Å². The standard InChI is InChI=1S/C20H20N2O4/c1-4-26-18-11-14(6-8-17(18)23)10-16-19(24)21-22(20(16)25)15-7-5-12(2)13(3)9-15/h5-11,23H,4H2,1-3H3,(H,21,24). The van der Waals surface area contributed by atoms with Gasteiger partial charge >= 0.3 is 0 Å². The molecule has 0 spiro atoms. The molecule has 6 heteroatoms. The Morgan fingerprint density at radius 3 is 2.58 bits per heavy atom. The Morgan fingerprint density at radius 2 is 1.88 bits per heavy atom. The third kappa shape index (κ3) is 3.26. The van der Waals surface area contributed by atoms with Crippen molar-refractivity contribution < 1.29 is 19.4 Å². The number of nitrogens with zero attached hydrogens (tertiary/aromatic N) is 1. The first-order chi connectivity index (χ1) is 12.4. The van der Waals surface area contributed by atoms with E-state index >= 15 is 0 Å². The highest BCUT2D eigenvalue weighted by Crippen LogP contribution is 2.29. The topological polar surface area (TPSA) is 78.9 Å². The summed E-state index contributed by atoms with van der Waals surface area (Å²) >= 11 is 0. The second-order valence-corrected chi connectivity index (χ2v) is 6.07. The molecule has 0 saturated carbocycles. The minimum atomic E-state index is -0.473. The lowest BCUT2D eigenvalue weighted by Gasteiger charge is -2.16. The molecule has 1 aliphatic heterocycles. The number of amides is 2. The maximum absolute atomic E-state index is 12.7. The predicted octanol–water partition coefficient (Wildman–Crippen LogP) is 2.87. The van der Waals surface area contributed by atoms with E-state index in [1.165, 1.54) is 17.2 Å². The SMILES string of the molecule is CCOc1cc(C=C2C(=O)NN(c3ccc(C)c(C)c3)C2=O)ccc1O. The van der Waals surface area contributed by atoms with Gasteiger partial charge in [0.15, 0.2) is 11.5 Å². The highest BCUT2D eigenvalue weighted by molar-refractivity contribution is 6.31. The molecule has 3 rings (SSSR count). The zero-order chi connectivity index (χ0) is 18.8. The number of ether oxygens (including phenoxy) is 1. The van der Waals surface area contributed by atoms with Crippen LogP contribution in [0.2, 0.25) is 0 Å². The Morgan fingerprint density at radius 1 is 1.12 bits per heavy atom. The first-order valence-electron chi connectivity index (χ1n) is 8.31. The Hall–Kier alpha value is -3.28. The highest BCUT2D eigenvalue weighted by atomic mass is 16.5. The molecule has 1 fully saturated rings. The predicted molar refractivity (Wildman–Crippen MR) is 98.8 cm³/mol. The number of phenols is 1. The van der Waals surface area contributed by atoms with Gasteiger partial charge in [0.1, 0.15) is 5.57 Å². The summed E-state index contributed by atoms with van der Waals surface area (Å²) in [6.45, 7) is 6.13. The van der Waals surface area contributed by atoms with Crippen LogP contribution in [0.5, 0.6) is 11.5 Å². The van der Waals surface area contributed by atoms with Gasteiger partial charge < -0.3 is 9.84 Å². The number of hydrogen-bond donors (Lipinski definition) is 2. The van der Waals surface area contributed by atoms with Crippen LogP contribution in [0.1, 0.15) is 23.6 Å². The van der Waals surface area contributed by atoms with Gasteiger partial charge in [-0.2, -0.15) is 0 Å². The lowest BCUT2D eigenvalue weighted by atomic mass is 10.1. The van der Waals surface area contributed by atoms with E-state index in [0.29, 0.717) is 23.6 Å². The number of hydrogen-bond acceptors (Lipinski definition) is 4. The second kappa shape index (κ2) is 6.92. The minimum absolute atomic E-state index is 0.00737. The average Bonchev–Trinajstić information content (AvgIpc) is 2.88. The lowest BCUT2D eigenvalue weighted by Crippen LogP contribution is -2.35. The maximum atomic E-state index is 12.7. The van der Waals surface area contributed by atoms with E-state index in [-0.39, 0.29) is 11.3 Å². The molecule has 1 aliphatic rings. The van der Waals surface area contributed by atoms with Crippen molar-refractivity contribution in [1.29, 1.82) is 0 Å². The molecule has 134 valence electrons. The molecule has 0 radical (unpaired) electrons. The zero-order valence-electron chi connectivity index (χ0n) is 14.9. The third-order valence-electron chi connectivity index (χ3n) is 4.23. The number of rotatable bonds is 4. The molecular weight excluding hydrogens is 332 g/mol. The van der Waals surface area contributed by atoms with Crippen LogP contribution >= 0.6 is 0 Å². The van der Waals surface area contributed by atoms with Gasteiger partial charge in [0.2, 0.25) is 0 Å². The van der Waals surface area contributed by atoms with Gasteiger partial charge in [-0.15, -0.1) is 0 Å². The number of nitrogens with one attached hydrogen (secondary N) is 1. The number of carbonyl (C=O) groups is 2. The summed E-state index contributed by atoms with van der Waals surface area (Å²) < 4.78 is 5.34. The van der Waals surface area contributed by atoms with Gasteiger partial charge in [-0.25, -0.2) is 5.01 Å². The Kier molecular flexibility index (Phi) is 4.67. The first-order valence-corrected chi connectivity index (χ1v) is 8.31. The summed E-state index contributed by atoms with van der Waals surface area (Å²) in [6, 6.07) is 10.2. The van der Waals surface area contributed by atoms with Crippen LogP contribution in [0.25, 0.3) is 6.08 Å². The highest BCUT2D eigenvalue weighted by Gasteiger charge is 2.34. The Bertz CT molecular complexity index is 918. The molecule has 6 nitrogen and oxygen atoms in total. The fourth-order valence-corrected chi connectivity index (χ4v) is 2.66. The number of aryl methyl sites for hydroxylation is 2. The molecule has 2 aromatic rings. The van der Waals surface area contributed by atoms with Crippen molar-refractivity contribution in [1.82, 2.24) is 5.43 Å². The fourth-order valence-electron chi connectivity index (χ4n) is 2.66. The summed E-state index contributed by atoms with van der Waals surface area (Å²) in [6.07, 6.45) is 1.49. The largest absolute Gasteiger partial charge is 0.504 e. The summed E-state index contributed by atoms with van der Waals surface area (Å²) in [7, 11) is 0. The van der Waals surface area contributed by atoms with Crippen molar-refractivity contribution in [3.05, 3.63) is 58.7 Å². The van der Waals surface area contributed by atoms with E-state index in [4.69, 9.17) is 4.74 Å². The van der Waals surface area contributed by atoms with Crippen molar-refractivity contribution in [2.24, 2.45) is 0 Å². The van der Waals surface area contributed by atoms with E-state index in [2.05, 4.69) is 5.43 Å². The molecule has 2 N–H and O–H groups in total. The summed E-state index contributed by atoms with van der Waals surface area (Å²) in [5, 5.41) is 11.0. The van der Waals surface area contributed by atoms with Crippen LogP contribution < -0.4 is 15.2 Å². The summed E-state index contributed by atoms with van der Waals surface area (Å²) in [4.78, 5) is 25.0. The maximum Gasteiger partial charge on any atom is 0.282 e. The molecule has 0 unspecified atom stereocenters.